The predicted octanol–water partition coefficient (Wildman–Crippen LogP) is 4.37. The summed E-state index contributed by atoms with van der Waals surface area (Å²) in [6, 6.07) is 9.95. The smallest absolute Gasteiger partial charge is 0.253 e. The summed E-state index contributed by atoms with van der Waals surface area (Å²) in [5.41, 5.74) is 2.13. The molecule has 0 atom stereocenters. The molecule has 0 aliphatic rings. The van der Waals surface area contributed by atoms with E-state index in [1.807, 2.05) is 31.2 Å². The minimum Gasteiger partial charge on any atom is -0.348 e. The van der Waals surface area contributed by atoms with Crippen molar-refractivity contribution < 1.29 is 9.18 Å². The van der Waals surface area contributed by atoms with Crippen LogP contribution in [0.25, 0.3) is 0 Å². The number of benzene rings is 2. The fourth-order valence-electron chi connectivity index (χ4n) is 1.78. The summed E-state index contributed by atoms with van der Waals surface area (Å²) >= 11 is 11.5. The minimum atomic E-state index is -0.669. The molecule has 0 aliphatic carbocycles. The average molecular weight is 312 g/mol. The van der Waals surface area contributed by atoms with Crippen LogP contribution in [0.2, 0.25) is 10.0 Å². The summed E-state index contributed by atoms with van der Waals surface area (Å²) in [4.78, 5) is 12.0. The van der Waals surface area contributed by atoms with E-state index in [4.69, 9.17) is 23.2 Å². The van der Waals surface area contributed by atoms with Gasteiger partial charge in [-0.3, -0.25) is 4.79 Å². The van der Waals surface area contributed by atoms with E-state index in [1.165, 1.54) is 6.07 Å². The third kappa shape index (κ3) is 3.30. The molecule has 0 bridgehead atoms. The van der Waals surface area contributed by atoms with Gasteiger partial charge in [-0.1, -0.05) is 47.5 Å². The first-order chi connectivity index (χ1) is 9.49. The zero-order chi connectivity index (χ0) is 14.7. The van der Waals surface area contributed by atoms with E-state index in [1.54, 1.807) is 0 Å². The van der Waals surface area contributed by atoms with Gasteiger partial charge in [0.25, 0.3) is 5.91 Å². The van der Waals surface area contributed by atoms with Gasteiger partial charge in [0, 0.05) is 6.54 Å². The van der Waals surface area contributed by atoms with Gasteiger partial charge in [-0.05, 0) is 30.2 Å². The Morgan fingerprint density at radius 2 is 1.90 bits per heavy atom. The van der Waals surface area contributed by atoms with E-state index in [2.05, 4.69) is 5.32 Å². The van der Waals surface area contributed by atoms with Crippen LogP contribution in [0.15, 0.2) is 36.4 Å². The molecule has 0 radical (unpaired) electrons. The number of halogens is 3. The SMILES string of the molecule is Cc1ccccc1CNC(=O)c1cc(F)c(Cl)cc1Cl. The molecule has 0 spiro atoms. The van der Waals surface area contributed by atoms with Crippen molar-refractivity contribution in [3.05, 3.63) is 69.0 Å². The van der Waals surface area contributed by atoms with Gasteiger partial charge in [-0.25, -0.2) is 4.39 Å². The zero-order valence-corrected chi connectivity index (χ0v) is 12.2. The van der Waals surface area contributed by atoms with Crippen molar-refractivity contribution in [1.82, 2.24) is 5.32 Å². The van der Waals surface area contributed by atoms with Crippen molar-refractivity contribution >= 4 is 29.1 Å². The van der Waals surface area contributed by atoms with Crippen LogP contribution in [-0.4, -0.2) is 5.91 Å². The maximum absolute atomic E-state index is 13.4. The first kappa shape index (κ1) is 14.8. The molecule has 0 aromatic heterocycles. The number of nitrogens with one attached hydrogen (secondary N) is 1. The summed E-state index contributed by atoms with van der Waals surface area (Å²) in [7, 11) is 0. The normalized spacial score (nSPS) is 10.4. The molecular formula is C15H12Cl2FNO. The fourth-order valence-corrected chi connectivity index (χ4v) is 2.24. The first-order valence-corrected chi connectivity index (χ1v) is 6.72. The quantitative estimate of drug-likeness (QED) is 0.838. The highest BCUT2D eigenvalue weighted by atomic mass is 35.5. The van der Waals surface area contributed by atoms with Gasteiger partial charge in [-0.15, -0.1) is 0 Å². The third-order valence-electron chi connectivity index (χ3n) is 2.96. The van der Waals surface area contributed by atoms with Crippen LogP contribution in [0.3, 0.4) is 0 Å². The molecule has 2 aromatic rings. The first-order valence-electron chi connectivity index (χ1n) is 5.96. The fraction of sp³-hybridized carbons (Fsp3) is 0.133. The Kier molecular flexibility index (Phi) is 4.63. The summed E-state index contributed by atoms with van der Waals surface area (Å²) in [5.74, 6) is -1.11. The molecule has 1 amide bonds. The molecule has 0 heterocycles. The summed E-state index contributed by atoms with van der Waals surface area (Å²) in [6.45, 7) is 2.31. The Bertz CT molecular complexity index is 658. The number of aryl methyl sites for hydroxylation is 1. The van der Waals surface area contributed by atoms with Crippen molar-refractivity contribution in [3.63, 3.8) is 0 Å². The van der Waals surface area contributed by atoms with Gasteiger partial charge in [0.15, 0.2) is 0 Å². The van der Waals surface area contributed by atoms with Gasteiger partial charge in [0.1, 0.15) is 5.82 Å². The lowest BCUT2D eigenvalue weighted by molar-refractivity contribution is 0.0950. The molecular weight excluding hydrogens is 300 g/mol. The number of carbonyl (C=O) groups is 1. The van der Waals surface area contributed by atoms with E-state index in [0.29, 0.717) is 6.54 Å². The van der Waals surface area contributed by atoms with Crippen molar-refractivity contribution in [1.29, 1.82) is 0 Å². The highest BCUT2D eigenvalue weighted by molar-refractivity contribution is 6.36. The molecule has 2 rings (SSSR count). The predicted molar refractivity (Wildman–Crippen MR) is 78.8 cm³/mol. The molecule has 0 fully saturated rings. The Balaban J connectivity index is 2.13. The number of amides is 1. The molecule has 104 valence electrons. The topological polar surface area (TPSA) is 29.1 Å². The second kappa shape index (κ2) is 6.25. The lowest BCUT2D eigenvalue weighted by atomic mass is 10.1. The molecule has 5 heteroatoms. The number of hydrogen-bond donors (Lipinski definition) is 1. The standard InChI is InChI=1S/C15H12Cl2FNO/c1-9-4-2-3-5-10(9)8-19-15(20)11-6-14(18)13(17)7-12(11)16/h2-7H,8H2,1H3,(H,19,20). The van der Waals surface area contributed by atoms with Gasteiger partial charge in [-0.2, -0.15) is 0 Å². The van der Waals surface area contributed by atoms with Crippen LogP contribution < -0.4 is 5.32 Å². The van der Waals surface area contributed by atoms with E-state index in [-0.39, 0.29) is 15.6 Å². The van der Waals surface area contributed by atoms with Gasteiger partial charge in [0.05, 0.1) is 15.6 Å². The molecule has 0 aliphatic heterocycles. The van der Waals surface area contributed by atoms with E-state index in [0.717, 1.165) is 17.2 Å². The number of hydrogen-bond acceptors (Lipinski definition) is 1. The lowest BCUT2D eigenvalue weighted by Crippen LogP contribution is -2.23. The second-order valence-electron chi connectivity index (χ2n) is 4.36. The van der Waals surface area contributed by atoms with Crippen molar-refractivity contribution in [2.45, 2.75) is 13.5 Å². The molecule has 0 unspecified atom stereocenters. The highest BCUT2D eigenvalue weighted by Gasteiger charge is 2.14. The third-order valence-corrected chi connectivity index (χ3v) is 3.56. The maximum Gasteiger partial charge on any atom is 0.253 e. The largest absolute Gasteiger partial charge is 0.348 e. The van der Waals surface area contributed by atoms with Gasteiger partial charge < -0.3 is 5.32 Å². The maximum atomic E-state index is 13.4. The van der Waals surface area contributed by atoms with E-state index < -0.39 is 11.7 Å². The Hall–Kier alpha value is -1.58. The van der Waals surface area contributed by atoms with Crippen LogP contribution in [0.4, 0.5) is 4.39 Å². The van der Waals surface area contributed by atoms with Crippen molar-refractivity contribution in [2.24, 2.45) is 0 Å². The number of carbonyl (C=O) groups excluding carboxylic acids is 1. The van der Waals surface area contributed by atoms with Crippen molar-refractivity contribution in [3.8, 4) is 0 Å². The molecule has 0 saturated heterocycles. The highest BCUT2D eigenvalue weighted by Crippen LogP contribution is 2.24. The molecule has 2 aromatic carbocycles. The minimum absolute atomic E-state index is 0.0714. The summed E-state index contributed by atoms with van der Waals surface area (Å²) in [5, 5.41) is 2.73. The zero-order valence-electron chi connectivity index (χ0n) is 10.7. The van der Waals surface area contributed by atoms with Crippen molar-refractivity contribution in [2.75, 3.05) is 0 Å². The second-order valence-corrected chi connectivity index (χ2v) is 5.17. The van der Waals surface area contributed by atoms with Gasteiger partial charge in [0.2, 0.25) is 0 Å². The molecule has 2 nitrogen and oxygen atoms in total. The molecule has 0 saturated carbocycles. The monoisotopic (exact) mass is 311 g/mol. The number of rotatable bonds is 3. The van der Waals surface area contributed by atoms with Gasteiger partial charge >= 0.3 is 0 Å². The van der Waals surface area contributed by atoms with Crippen LogP contribution in [0, 0.1) is 12.7 Å². The van der Waals surface area contributed by atoms with Crippen LogP contribution >= 0.6 is 23.2 Å². The average Bonchev–Trinajstić information content (AvgIpc) is 2.41. The Labute approximate surface area is 126 Å². The van der Waals surface area contributed by atoms with E-state index in [9.17, 15) is 9.18 Å². The summed E-state index contributed by atoms with van der Waals surface area (Å²) in [6.07, 6.45) is 0. The molecule has 1 N–H and O–H groups in total. The summed E-state index contributed by atoms with van der Waals surface area (Å²) < 4.78 is 13.4. The van der Waals surface area contributed by atoms with Crippen LogP contribution in [0.1, 0.15) is 21.5 Å². The van der Waals surface area contributed by atoms with Crippen LogP contribution in [-0.2, 0) is 6.54 Å². The molecule has 20 heavy (non-hydrogen) atoms. The van der Waals surface area contributed by atoms with Crippen LogP contribution in [0.5, 0.6) is 0 Å². The van der Waals surface area contributed by atoms with E-state index >= 15 is 0 Å². The Morgan fingerprint density at radius 1 is 1.20 bits per heavy atom. The Morgan fingerprint density at radius 3 is 2.60 bits per heavy atom. The lowest BCUT2D eigenvalue weighted by Gasteiger charge is -2.09.